The number of fused-ring (bicyclic) bond motifs is 1. The Bertz CT molecular complexity index is 452. The highest BCUT2D eigenvalue weighted by Crippen LogP contribution is 2.28. The van der Waals surface area contributed by atoms with Crippen LogP contribution in [0, 0.1) is 0 Å². The first-order chi connectivity index (χ1) is 9.78. The third kappa shape index (κ3) is 2.82. The molecule has 4 heteroatoms. The Hall–Kier alpha value is -1.10. The van der Waals surface area contributed by atoms with Gasteiger partial charge in [-0.3, -0.25) is 4.90 Å². The van der Waals surface area contributed by atoms with Crippen LogP contribution in [0.1, 0.15) is 25.3 Å². The molecule has 3 rings (SSSR count). The molecule has 1 saturated heterocycles. The number of ether oxygens (including phenoxy) is 2. The molecule has 2 aliphatic heterocycles. The van der Waals surface area contributed by atoms with Gasteiger partial charge in [0.25, 0.3) is 0 Å². The van der Waals surface area contributed by atoms with E-state index in [0.29, 0.717) is 12.6 Å². The lowest BCUT2D eigenvalue weighted by Gasteiger charge is -2.33. The average molecular weight is 276 g/mol. The summed E-state index contributed by atoms with van der Waals surface area (Å²) in [6.07, 6.45) is 2.88. The fraction of sp³-hybridized carbons (Fsp3) is 0.625. The summed E-state index contributed by atoms with van der Waals surface area (Å²) in [5.41, 5.74) is 7.28. The number of nitrogens with zero attached hydrogens (tertiary/aromatic N) is 1. The Morgan fingerprint density at radius 1 is 1.35 bits per heavy atom. The third-order valence-electron chi connectivity index (χ3n) is 4.39. The van der Waals surface area contributed by atoms with E-state index >= 15 is 0 Å². The van der Waals surface area contributed by atoms with Gasteiger partial charge in [-0.25, -0.2) is 0 Å². The molecular formula is C16H24N2O2. The lowest BCUT2D eigenvalue weighted by Crippen LogP contribution is -2.48. The molecule has 1 aromatic rings. The van der Waals surface area contributed by atoms with E-state index < -0.39 is 0 Å². The zero-order valence-corrected chi connectivity index (χ0v) is 12.1. The molecule has 2 aliphatic rings. The SMILES string of the molecule is CC1CCC(C(CN)N2CCOc3ccccc3C2)O1. The highest BCUT2D eigenvalue weighted by molar-refractivity contribution is 5.33. The standard InChI is InChI=1S/C16H24N2O2/c1-12-6-7-16(20-12)14(10-17)18-8-9-19-15-5-3-2-4-13(15)11-18/h2-5,12,14,16H,6-11,17H2,1H3. The van der Waals surface area contributed by atoms with Crippen LogP contribution in [0.25, 0.3) is 0 Å². The monoisotopic (exact) mass is 276 g/mol. The molecule has 3 unspecified atom stereocenters. The molecule has 0 radical (unpaired) electrons. The van der Waals surface area contributed by atoms with Gasteiger partial charge in [-0.15, -0.1) is 0 Å². The first kappa shape index (κ1) is 13.9. The van der Waals surface area contributed by atoms with Gasteiger partial charge in [0.15, 0.2) is 0 Å². The molecule has 20 heavy (non-hydrogen) atoms. The van der Waals surface area contributed by atoms with Crippen LogP contribution in [-0.2, 0) is 11.3 Å². The maximum absolute atomic E-state index is 6.04. The van der Waals surface area contributed by atoms with Gasteiger partial charge in [-0.1, -0.05) is 18.2 Å². The topological polar surface area (TPSA) is 47.7 Å². The lowest BCUT2D eigenvalue weighted by molar-refractivity contribution is -0.00780. The minimum Gasteiger partial charge on any atom is -0.492 e. The van der Waals surface area contributed by atoms with Gasteiger partial charge in [0.2, 0.25) is 0 Å². The second kappa shape index (κ2) is 6.12. The smallest absolute Gasteiger partial charge is 0.123 e. The van der Waals surface area contributed by atoms with Gasteiger partial charge in [-0.2, -0.15) is 0 Å². The molecule has 0 saturated carbocycles. The van der Waals surface area contributed by atoms with Crippen LogP contribution < -0.4 is 10.5 Å². The largest absolute Gasteiger partial charge is 0.492 e. The quantitative estimate of drug-likeness (QED) is 0.914. The molecule has 2 heterocycles. The van der Waals surface area contributed by atoms with Gasteiger partial charge >= 0.3 is 0 Å². The van der Waals surface area contributed by atoms with Crippen molar-refractivity contribution in [2.45, 2.75) is 44.6 Å². The average Bonchev–Trinajstić information content (AvgIpc) is 2.76. The maximum atomic E-state index is 6.04. The van der Waals surface area contributed by atoms with Crippen LogP contribution in [0.5, 0.6) is 5.75 Å². The summed E-state index contributed by atoms with van der Waals surface area (Å²) in [5, 5.41) is 0. The van der Waals surface area contributed by atoms with Crippen molar-refractivity contribution >= 4 is 0 Å². The van der Waals surface area contributed by atoms with E-state index in [9.17, 15) is 0 Å². The minimum atomic E-state index is 0.264. The first-order valence-electron chi connectivity index (χ1n) is 7.58. The highest BCUT2D eigenvalue weighted by atomic mass is 16.5. The Labute approximate surface area is 120 Å². The molecule has 2 N–H and O–H groups in total. The summed E-state index contributed by atoms with van der Waals surface area (Å²) in [5.74, 6) is 1.01. The zero-order chi connectivity index (χ0) is 13.9. The zero-order valence-electron chi connectivity index (χ0n) is 12.1. The van der Waals surface area contributed by atoms with E-state index in [1.807, 2.05) is 12.1 Å². The van der Waals surface area contributed by atoms with Crippen LogP contribution >= 0.6 is 0 Å². The Kier molecular flexibility index (Phi) is 4.24. The van der Waals surface area contributed by atoms with E-state index in [1.54, 1.807) is 0 Å². The summed E-state index contributed by atoms with van der Waals surface area (Å²) < 4.78 is 11.9. The normalized spacial score (nSPS) is 28.5. The van der Waals surface area contributed by atoms with Crippen LogP contribution in [0.4, 0.5) is 0 Å². The van der Waals surface area contributed by atoms with E-state index in [4.69, 9.17) is 15.2 Å². The number of nitrogens with two attached hydrogens (primary N) is 1. The molecule has 0 amide bonds. The van der Waals surface area contributed by atoms with Crippen molar-refractivity contribution < 1.29 is 9.47 Å². The highest BCUT2D eigenvalue weighted by Gasteiger charge is 2.33. The molecule has 4 nitrogen and oxygen atoms in total. The number of para-hydroxylation sites is 1. The summed E-state index contributed by atoms with van der Waals surface area (Å²) >= 11 is 0. The first-order valence-corrected chi connectivity index (χ1v) is 7.58. The Morgan fingerprint density at radius 3 is 2.95 bits per heavy atom. The number of hydrogen-bond donors (Lipinski definition) is 1. The molecule has 1 fully saturated rings. The van der Waals surface area contributed by atoms with E-state index in [0.717, 1.165) is 38.3 Å². The number of hydrogen-bond acceptors (Lipinski definition) is 4. The Morgan fingerprint density at radius 2 is 2.20 bits per heavy atom. The molecule has 1 aromatic carbocycles. The predicted octanol–water partition coefficient (Wildman–Crippen LogP) is 1.78. The minimum absolute atomic E-state index is 0.264. The molecule has 3 atom stereocenters. The number of rotatable bonds is 3. The fourth-order valence-electron chi connectivity index (χ4n) is 3.28. The van der Waals surface area contributed by atoms with Gasteiger partial charge in [0.1, 0.15) is 12.4 Å². The van der Waals surface area contributed by atoms with Crippen LogP contribution in [-0.4, -0.2) is 42.8 Å². The summed E-state index contributed by atoms with van der Waals surface area (Å²) in [4.78, 5) is 2.43. The van der Waals surface area contributed by atoms with Gasteiger partial charge in [-0.05, 0) is 25.8 Å². The van der Waals surface area contributed by atoms with Crippen molar-refractivity contribution in [2.24, 2.45) is 5.73 Å². The van der Waals surface area contributed by atoms with E-state index in [-0.39, 0.29) is 12.1 Å². The van der Waals surface area contributed by atoms with Gasteiger partial charge < -0.3 is 15.2 Å². The number of benzene rings is 1. The molecule has 0 bridgehead atoms. The van der Waals surface area contributed by atoms with Crippen molar-refractivity contribution in [1.29, 1.82) is 0 Å². The Balaban J connectivity index is 1.75. The van der Waals surface area contributed by atoms with Crippen molar-refractivity contribution in [3.63, 3.8) is 0 Å². The van der Waals surface area contributed by atoms with Crippen LogP contribution in [0.3, 0.4) is 0 Å². The fourth-order valence-corrected chi connectivity index (χ4v) is 3.28. The molecule has 0 aromatic heterocycles. The van der Waals surface area contributed by atoms with Gasteiger partial charge in [0, 0.05) is 31.2 Å². The van der Waals surface area contributed by atoms with Crippen LogP contribution in [0.15, 0.2) is 24.3 Å². The second-order valence-electron chi connectivity index (χ2n) is 5.79. The predicted molar refractivity (Wildman–Crippen MR) is 78.8 cm³/mol. The summed E-state index contributed by atoms with van der Waals surface area (Å²) in [6.45, 7) is 5.31. The second-order valence-corrected chi connectivity index (χ2v) is 5.79. The molecule has 0 aliphatic carbocycles. The van der Waals surface area contributed by atoms with Crippen LogP contribution in [0.2, 0.25) is 0 Å². The molecule has 110 valence electrons. The summed E-state index contributed by atoms with van der Waals surface area (Å²) in [6, 6.07) is 8.56. The molecular weight excluding hydrogens is 252 g/mol. The van der Waals surface area contributed by atoms with Crippen molar-refractivity contribution in [3.05, 3.63) is 29.8 Å². The summed E-state index contributed by atoms with van der Waals surface area (Å²) in [7, 11) is 0. The maximum Gasteiger partial charge on any atom is 0.123 e. The molecule has 0 spiro atoms. The van der Waals surface area contributed by atoms with Crippen molar-refractivity contribution in [2.75, 3.05) is 19.7 Å². The lowest BCUT2D eigenvalue weighted by atomic mass is 10.0. The van der Waals surface area contributed by atoms with Crippen molar-refractivity contribution in [3.8, 4) is 5.75 Å². The van der Waals surface area contributed by atoms with E-state index in [2.05, 4.69) is 24.0 Å². The third-order valence-corrected chi connectivity index (χ3v) is 4.39. The van der Waals surface area contributed by atoms with E-state index in [1.165, 1.54) is 5.56 Å². The van der Waals surface area contributed by atoms with Crippen molar-refractivity contribution in [1.82, 2.24) is 4.90 Å². The van der Waals surface area contributed by atoms with Gasteiger partial charge in [0.05, 0.1) is 12.2 Å².